The van der Waals surface area contributed by atoms with Gasteiger partial charge in [0.15, 0.2) is 0 Å². The Hall–Kier alpha value is -2.12. The minimum atomic E-state index is -4.35. The van der Waals surface area contributed by atoms with Gasteiger partial charge in [0.2, 0.25) is 11.8 Å². The van der Waals surface area contributed by atoms with Crippen molar-refractivity contribution in [2.75, 3.05) is 25.4 Å². The number of hydrogen-bond donors (Lipinski definition) is 6. The van der Waals surface area contributed by atoms with Gasteiger partial charge in [0, 0.05) is 37.9 Å². The van der Waals surface area contributed by atoms with Gasteiger partial charge in [-0.15, -0.1) is 0 Å². The molecule has 232 valence electrons. The fourth-order valence-corrected chi connectivity index (χ4v) is 5.45. The van der Waals surface area contributed by atoms with Crippen LogP contribution in [0.25, 0.3) is 0 Å². The van der Waals surface area contributed by atoms with Crippen molar-refractivity contribution in [3.63, 3.8) is 0 Å². The number of carbonyl (C=O) groups is 4. The first kappa shape index (κ1) is 40.9. The number of nitrogens with one attached hydrogen (secondary N) is 2. The van der Waals surface area contributed by atoms with Gasteiger partial charge in [-0.2, -0.15) is 0 Å². The Bertz CT molecular complexity index is 1160. The number of amides is 2. The molecule has 43 heavy (non-hydrogen) atoms. The van der Waals surface area contributed by atoms with Crippen LogP contribution in [0.2, 0.25) is 0 Å². The van der Waals surface area contributed by atoms with Crippen molar-refractivity contribution < 1.29 is 58.1 Å². The van der Waals surface area contributed by atoms with E-state index < -0.39 is 63.1 Å². The van der Waals surface area contributed by atoms with Crippen LogP contribution in [-0.2, 0) is 41.1 Å². The predicted octanol–water partition coefficient (Wildman–Crippen LogP) is -1.82. The molecule has 0 aliphatic heterocycles. The van der Waals surface area contributed by atoms with Gasteiger partial charge in [-0.1, -0.05) is 60.7 Å². The zero-order valence-corrected chi connectivity index (χ0v) is 27.2. The van der Waals surface area contributed by atoms with Gasteiger partial charge in [-0.25, -0.2) is 0 Å². The second-order valence-corrected chi connectivity index (χ2v) is 12.7. The first-order chi connectivity index (χ1) is 19.6. The summed E-state index contributed by atoms with van der Waals surface area (Å²) in [6.45, 7) is -0.263. The molecule has 0 unspecified atom stereocenters. The first-order valence-electron chi connectivity index (χ1n) is 12.7. The van der Waals surface area contributed by atoms with Crippen molar-refractivity contribution in [3.05, 3.63) is 71.8 Å². The summed E-state index contributed by atoms with van der Waals surface area (Å²) in [7, 11) is -8.71. The van der Waals surface area contributed by atoms with Crippen molar-refractivity contribution in [3.8, 4) is 0 Å². The second-order valence-electron chi connectivity index (χ2n) is 9.29. The summed E-state index contributed by atoms with van der Waals surface area (Å²) in [5.74, 6) is -5.60. The molecule has 0 heterocycles. The summed E-state index contributed by atoms with van der Waals surface area (Å²) in [6, 6.07) is 17.6. The zero-order chi connectivity index (χ0) is 31.8. The molecule has 2 amide bonds. The molecule has 2 aromatic carbocycles. The van der Waals surface area contributed by atoms with Gasteiger partial charge in [-0.05, 0) is 24.0 Å². The molecule has 2 rings (SSSR count). The van der Waals surface area contributed by atoms with Gasteiger partial charge in [0.05, 0.1) is 24.2 Å². The SMILES string of the molecule is O=C([O-])CCNC(=O)[C@@H](Cc1ccccc1)CP(=O)(O)O.O=C([O-])CCNC(=O)[C@@H](Cc1ccccc1)CP(=O)(O)O.[Ca+2]. The van der Waals surface area contributed by atoms with E-state index in [0.29, 0.717) is 0 Å². The summed E-state index contributed by atoms with van der Waals surface area (Å²) in [5, 5.41) is 25.3. The molecule has 17 heteroatoms. The van der Waals surface area contributed by atoms with Crippen molar-refractivity contribution in [2.45, 2.75) is 25.7 Å². The maximum Gasteiger partial charge on any atom is 2.00 e. The maximum atomic E-state index is 11.9. The van der Waals surface area contributed by atoms with Crippen LogP contribution in [0, 0.1) is 11.8 Å². The van der Waals surface area contributed by atoms with Crippen molar-refractivity contribution in [1.82, 2.24) is 10.6 Å². The number of benzene rings is 2. The van der Waals surface area contributed by atoms with E-state index in [9.17, 15) is 38.5 Å². The Morgan fingerprint density at radius 2 is 0.930 bits per heavy atom. The molecule has 2 atom stereocenters. The third kappa shape index (κ3) is 21.3. The molecule has 0 aliphatic carbocycles. The number of carbonyl (C=O) groups excluding carboxylic acids is 4. The molecule has 14 nitrogen and oxygen atoms in total. The predicted molar refractivity (Wildman–Crippen MR) is 152 cm³/mol. The third-order valence-electron chi connectivity index (χ3n) is 5.56. The number of carboxylic acid groups (broad SMARTS) is 2. The quantitative estimate of drug-likeness (QED) is 0.0854. The Morgan fingerprint density at radius 3 is 1.19 bits per heavy atom. The Labute approximate surface area is 278 Å². The van der Waals surface area contributed by atoms with Crippen LogP contribution in [0.15, 0.2) is 60.7 Å². The monoisotopic (exact) mass is 668 g/mol. The van der Waals surface area contributed by atoms with Crippen LogP contribution in [0.1, 0.15) is 24.0 Å². The summed E-state index contributed by atoms with van der Waals surface area (Å²) >= 11 is 0. The number of carboxylic acids is 2. The number of hydrogen-bond acceptors (Lipinski definition) is 8. The van der Waals surface area contributed by atoms with Crippen LogP contribution in [-0.4, -0.2) is 106 Å². The summed E-state index contributed by atoms with van der Waals surface area (Å²) in [5.41, 5.74) is 1.54. The van der Waals surface area contributed by atoms with Crippen LogP contribution < -0.4 is 20.8 Å². The molecule has 0 spiro atoms. The Kier molecular flexibility index (Phi) is 19.7. The van der Waals surface area contributed by atoms with E-state index in [4.69, 9.17) is 19.6 Å². The number of rotatable bonds is 16. The Morgan fingerprint density at radius 1 is 0.628 bits per heavy atom. The standard InChI is InChI=1S/2C13H18NO6P.Ca/c2*15-12(16)6-7-14-13(17)11(9-21(18,19)20)8-10-4-2-1-3-5-10;/h2*1-5,11H,6-9H2,(H,14,17)(H,15,16)(H2,18,19,20);/q;;+2/p-2/t2*11-;/m00./s1. The first-order valence-corrected chi connectivity index (χ1v) is 16.3. The number of aliphatic carboxylic acids is 2. The van der Waals surface area contributed by atoms with Gasteiger partial charge in [-0.3, -0.25) is 18.7 Å². The maximum absolute atomic E-state index is 11.9. The third-order valence-corrected chi connectivity index (χ3v) is 7.40. The molecule has 0 bridgehead atoms. The molecule has 0 aliphatic rings. The van der Waals surface area contributed by atoms with Crippen LogP contribution in [0.5, 0.6) is 0 Å². The molecule has 0 aromatic heterocycles. The van der Waals surface area contributed by atoms with E-state index in [1.165, 1.54) is 0 Å². The van der Waals surface area contributed by atoms with Crippen LogP contribution in [0.4, 0.5) is 0 Å². The molecule has 0 fully saturated rings. The summed E-state index contributed by atoms with van der Waals surface area (Å²) in [6.07, 6.45) is -1.52. The topological polar surface area (TPSA) is 254 Å². The minimum Gasteiger partial charge on any atom is -0.550 e. The van der Waals surface area contributed by atoms with Gasteiger partial charge < -0.3 is 50.0 Å². The van der Waals surface area contributed by atoms with Crippen molar-refractivity contribution in [1.29, 1.82) is 0 Å². The second kappa shape index (κ2) is 20.8. The van der Waals surface area contributed by atoms with E-state index >= 15 is 0 Å². The molecule has 0 saturated carbocycles. The zero-order valence-electron chi connectivity index (χ0n) is 23.2. The largest absolute Gasteiger partial charge is 2.00 e. The summed E-state index contributed by atoms with van der Waals surface area (Å²) in [4.78, 5) is 80.7. The van der Waals surface area contributed by atoms with Gasteiger partial charge in [0.25, 0.3) is 0 Å². The molecule has 0 radical (unpaired) electrons. The molecular weight excluding hydrogens is 634 g/mol. The minimum absolute atomic E-state index is 0. The fraction of sp³-hybridized carbons (Fsp3) is 0.385. The van der Waals surface area contributed by atoms with Crippen molar-refractivity contribution >= 4 is 76.7 Å². The average Bonchev–Trinajstić information content (AvgIpc) is 2.87. The average molecular weight is 669 g/mol. The van der Waals surface area contributed by atoms with Crippen LogP contribution in [0.3, 0.4) is 0 Å². The van der Waals surface area contributed by atoms with E-state index in [2.05, 4.69) is 10.6 Å². The smallest absolute Gasteiger partial charge is 0.550 e. The molecule has 0 saturated heterocycles. The van der Waals surface area contributed by atoms with E-state index in [-0.39, 0.29) is 76.5 Å². The molecule has 2 aromatic rings. The van der Waals surface area contributed by atoms with Gasteiger partial charge >= 0.3 is 52.9 Å². The Balaban J connectivity index is 0.000000802. The van der Waals surface area contributed by atoms with E-state index in [1.807, 2.05) is 0 Å². The fourth-order valence-electron chi connectivity index (χ4n) is 3.72. The van der Waals surface area contributed by atoms with Gasteiger partial charge in [0.1, 0.15) is 0 Å². The van der Waals surface area contributed by atoms with Crippen LogP contribution >= 0.6 is 15.2 Å². The normalized spacial score (nSPS) is 12.4. The molecule has 6 N–H and O–H groups in total. The van der Waals surface area contributed by atoms with E-state index in [1.54, 1.807) is 60.7 Å². The molecular formula is C26H34CaN2O12P2. The van der Waals surface area contributed by atoms with Crippen molar-refractivity contribution in [2.24, 2.45) is 11.8 Å². The summed E-state index contributed by atoms with van der Waals surface area (Å²) < 4.78 is 22.3. The van der Waals surface area contributed by atoms with E-state index in [0.717, 1.165) is 11.1 Å².